The third-order valence-electron chi connectivity index (χ3n) is 3.34. The zero-order chi connectivity index (χ0) is 17.9. The monoisotopic (exact) mass is 355 g/mol. The summed E-state index contributed by atoms with van der Waals surface area (Å²) in [5.41, 5.74) is 0.349. The highest BCUT2D eigenvalue weighted by Gasteiger charge is 2.20. The number of esters is 1. The summed E-state index contributed by atoms with van der Waals surface area (Å²) in [7, 11) is -2.78. The molecule has 2 rings (SSSR count). The van der Waals surface area contributed by atoms with Crippen LogP contribution in [0.4, 0.5) is 8.78 Å². The molecular formula is C16H15F2NO4S. The van der Waals surface area contributed by atoms with E-state index in [1.807, 2.05) is 0 Å². The van der Waals surface area contributed by atoms with Crippen LogP contribution in [0.5, 0.6) is 0 Å². The number of hydrogen-bond donors (Lipinski definition) is 1. The molecule has 128 valence electrons. The maximum Gasteiger partial charge on any atom is 0.337 e. The summed E-state index contributed by atoms with van der Waals surface area (Å²) in [6, 6.07) is 7.65. The molecule has 0 aliphatic rings. The van der Waals surface area contributed by atoms with Crippen molar-refractivity contribution in [2.24, 2.45) is 0 Å². The first kappa shape index (κ1) is 18.0. The molecule has 1 N–H and O–H groups in total. The van der Waals surface area contributed by atoms with Crippen molar-refractivity contribution in [2.75, 3.05) is 7.11 Å². The van der Waals surface area contributed by atoms with Crippen molar-refractivity contribution >= 4 is 16.0 Å². The van der Waals surface area contributed by atoms with E-state index in [4.69, 9.17) is 0 Å². The summed E-state index contributed by atoms with van der Waals surface area (Å²) in [6.45, 7) is 1.49. The Morgan fingerprint density at radius 2 is 1.83 bits per heavy atom. The predicted octanol–water partition coefficient (Wildman–Crippen LogP) is 2.79. The summed E-state index contributed by atoms with van der Waals surface area (Å²) < 4.78 is 57.9. The number of benzene rings is 2. The van der Waals surface area contributed by atoms with Gasteiger partial charge in [-0.25, -0.2) is 26.7 Å². The van der Waals surface area contributed by atoms with Gasteiger partial charge < -0.3 is 4.74 Å². The summed E-state index contributed by atoms with van der Waals surface area (Å²) >= 11 is 0. The molecule has 0 saturated carbocycles. The standard InChI is InChI=1S/C16H15F2NO4S/c1-10(11-6-7-14(17)15(18)9-11)19-24(21,22)13-5-3-4-12(8-13)16(20)23-2/h3-10,19H,1-2H3. The van der Waals surface area contributed by atoms with E-state index in [1.54, 1.807) is 0 Å². The topological polar surface area (TPSA) is 72.5 Å². The van der Waals surface area contributed by atoms with Crippen LogP contribution in [0.2, 0.25) is 0 Å². The second-order valence-corrected chi connectivity index (χ2v) is 6.75. The van der Waals surface area contributed by atoms with Crippen molar-refractivity contribution in [1.29, 1.82) is 0 Å². The molecule has 0 aliphatic carbocycles. The lowest BCUT2D eigenvalue weighted by molar-refractivity contribution is 0.0600. The molecule has 1 atom stereocenters. The first-order chi connectivity index (χ1) is 11.2. The quantitative estimate of drug-likeness (QED) is 0.837. The van der Waals surface area contributed by atoms with Crippen LogP contribution < -0.4 is 4.72 Å². The number of rotatable bonds is 5. The Labute approximate surface area is 138 Å². The highest BCUT2D eigenvalue weighted by molar-refractivity contribution is 7.89. The fourth-order valence-electron chi connectivity index (χ4n) is 2.06. The molecule has 8 heteroatoms. The molecule has 5 nitrogen and oxygen atoms in total. The van der Waals surface area contributed by atoms with Gasteiger partial charge in [0, 0.05) is 6.04 Å². The number of halogens is 2. The SMILES string of the molecule is COC(=O)c1cccc(S(=O)(=O)NC(C)c2ccc(F)c(F)c2)c1. The van der Waals surface area contributed by atoms with Crippen molar-refractivity contribution in [3.05, 3.63) is 65.2 Å². The fourth-order valence-corrected chi connectivity index (χ4v) is 3.34. The average molecular weight is 355 g/mol. The van der Waals surface area contributed by atoms with E-state index in [0.717, 1.165) is 12.1 Å². The lowest BCUT2D eigenvalue weighted by Gasteiger charge is -2.15. The molecule has 24 heavy (non-hydrogen) atoms. The van der Waals surface area contributed by atoms with Crippen LogP contribution in [-0.4, -0.2) is 21.5 Å². The van der Waals surface area contributed by atoms with Crippen LogP contribution in [0.25, 0.3) is 0 Å². The first-order valence-electron chi connectivity index (χ1n) is 6.90. The number of hydrogen-bond acceptors (Lipinski definition) is 4. The predicted molar refractivity (Wildman–Crippen MR) is 82.9 cm³/mol. The highest BCUT2D eigenvalue weighted by atomic mass is 32.2. The van der Waals surface area contributed by atoms with E-state index in [-0.39, 0.29) is 16.0 Å². The lowest BCUT2D eigenvalue weighted by Crippen LogP contribution is -2.27. The Balaban J connectivity index is 2.27. The van der Waals surface area contributed by atoms with Gasteiger partial charge in [-0.2, -0.15) is 0 Å². The van der Waals surface area contributed by atoms with Gasteiger partial charge >= 0.3 is 5.97 Å². The van der Waals surface area contributed by atoms with Gasteiger partial charge in [0.05, 0.1) is 17.6 Å². The van der Waals surface area contributed by atoms with Gasteiger partial charge in [-0.15, -0.1) is 0 Å². The van der Waals surface area contributed by atoms with E-state index in [0.29, 0.717) is 0 Å². The normalized spacial score (nSPS) is 12.7. The molecule has 2 aromatic rings. The zero-order valence-corrected chi connectivity index (χ0v) is 13.7. The van der Waals surface area contributed by atoms with Gasteiger partial charge in [-0.1, -0.05) is 12.1 Å². The van der Waals surface area contributed by atoms with Crippen LogP contribution in [-0.2, 0) is 14.8 Å². The molecule has 0 heterocycles. The van der Waals surface area contributed by atoms with Crippen molar-refractivity contribution in [3.8, 4) is 0 Å². The van der Waals surface area contributed by atoms with E-state index in [2.05, 4.69) is 9.46 Å². The number of carbonyl (C=O) groups excluding carboxylic acids is 1. The summed E-state index contributed by atoms with van der Waals surface area (Å²) in [5.74, 6) is -2.74. The third kappa shape index (κ3) is 3.95. The molecule has 2 aromatic carbocycles. The third-order valence-corrected chi connectivity index (χ3v) is 4.88. The minimum atomic E-state index is -3.97. The molecule has 0 radical (unpaired) electrons. The largest absolute Gasteiger partial charge is 0.465 e. The molecule has 1 unspecified atom stereocenters. The second kappa shape index (κ2) is 7.06. The first-order valence-corrected chi connectivity index (χ1v) is 8.38. The number of nitrogens with one attached hydrogen (secondary N) is 1. The van der Waals surface area contributed by atoms with Gasteiger partial charge in [0.2, 0.25) is 10.0 Å². The number of ether oxygens (including phenoxy) is 1. The van der Waals surface area contributed by atoms with Crippen molar-refractivity contribution in [2.45, 2.75) is 17.9 Å². The molecule has 0 aliphatic heterocycles. The van der Waals surface area contributed by atoms with Gasteiger partial charge in [0.25, 0.3) is 0 Å². The number of sulfonamides is 1. The zero-order valence-electron chi connectivity index (χ0n) is 12.9. The van der Waals surface area contributed by atoms with Crippen molar-refractivity contribution < 1.29 is 26.7 Å². The maximum absolute atomic E-state index is 13.3. The Morgan fingerprint density at radius 3 is 2.46 bits per heavy atom. The Kier molecular flexibility index (Phi) is 5.30. The Bertz CT molecular complexity index is 868. The Morgan fingerprint density at radius 1 is 1.12 bits per heavy atom. The molecule has 0 fully saturated rings. The minimum Gasteiger partial charge on any atom is -0.465 e. The maximum atomic E-state index is 13.3. The molecule has 0 spiro atoms. The second-order valence-electron chi connectivity index (χ2n) is 5.04. The number of carbonyl (C=O) groups is 1. The van der Waals surface area contributed by atoms with Gasteiger partial charge in [0.1, 0.15) is 0 Å². The molecule has 0 aromatic heterocycles. The van der Waals surface area contributed by atoms with Gasteiger partial charge in [0.15, 0.2) is 11.6 Å². The molecular weight excluding hydrogens is 340 g/mol. The highest BCUT2D eigenvalue weighted by Crippen LogP contribution is 2.20. The molecule has 0 amide bonds. The van der Waals surface area contributed by atoms with Crippen molar-refractivity contribution in [1.82, 2.24) is 4.72 Å². The minimum absolute atomic E-state index is 0.0841. The lowest BCUT2D eigenvalue weighted by atomic mass is 10.1. The smallest absolute Gasteiger partial charge is 0.337 e. The fraction of sp³-hybridized carbons (Fsp3) is 0.188. The summed E-state index contributed by atoms with van der Waals surface area (Å²) in [6.07, 6.45) is 0. The van der Waals surface area contributed by atoms with Crippen LogP contribution in [0.15, 0.2) is 47.4 Å². The number of methoxy groups -OCH3 is 1. The average Bonchev–Trinajstić information content (AvgIpc) is 2.56. The summed E-state index contributed by atoms with van der Waals surface area (Å²) in [4.78, 5) is 11.4. The van der Waals surface area contributed by atoms with Gasteiger partial charge in [-0.05, 0) is 42.8 Å². The van der Waals surface area contributed by atoms with Crippen LogP contribution in [0.3, 0.4) is 0 Å². The summed E-state index contributed by atoms with van der Waals surface area (Å²) in [5, 5.41) is 0. The van der Waals surface area contributed by atoms with E-state index < -0.39 is 33.7 Å². The Hall–Kier alpha value is -2.32. The van der Waals surface area contributed by atoms with Crippen LogP contribution in [0, 0.1) is 11.6 Å². The van der Waals surface area contributed by atoms with Gasteiger partial charge in [-0.3, -0.25) is 0 Å². The molecule has 0 saturated heterocycles. The van der Waals surface area contributed by atoms with Crippen LogP contribution in [0.1, 0.15) is 28.9 Å². The van der Waals surface area contributed by atoms with Crippen molar-refractivity contribution in [3.63, 3.8) is 0 Å². The van der Waals surface area contributed by atoms with Crippen LogP contribution >= 0.6 is 0 Å². The molecule has 0 bridgehead atoms. The van der Waals surface area contributed by atoms with E-state index >= 15 is 0 Å². The van der Waals surface area contributed by atoms with E-state index in [1.165, 1.54) is 44.4 Å². The van der Waals surface area contributed by atoms with E-state index in [9.17, 15) is 22.0 Å².